The van der Waals surface area contributed by atoms with Gasteiger partial charge in [0.2, 0.25) is 0 Å². The largest absolute Gasteiger partial charge is 0.493 e. The van der Waals surface area contributed by atoms with Crippen LogP contribution in [0.15, 0.2) is 29.2 Å². The van der Waals surface area contributed by atoms with Gasteiger partial charge in [0.05, 0.1) is 12.2 Å². The molecule has 1 amide bonds. The van der Waals surface area contributed by atoms with Crippen LogP contribution in [0.5, 0.6) is 5.75 Å². The molecule has 3 aliphatic rings. The molecule has 0 unspecified atom stereocenters. The van der Waals surface area contributed by atoms with Gasteiger partial charge in [-0.2, -0.15) is 0 Å². The minimum atomic E-state index is -4.96. The van der Waals surface area contributed by atoms with Gasteiger partial charge in [-0.3, -0.25) is 4.79 Å². The topological polar surface area (TPSA) is 84.5 Å². The van der Waals surface area contributed by atoms with Gasteiger partial charge in [-0.1, -0.05) is 32.1 Å². The third-order valence-corrected chi connectivity index (χ3v) is 9.16. The molecule has 0 bridgehead atoms. The molecule has 5 rings (SSSR count). The van der Waals surface area contributed by atoms with Crippen LogP contribution >= 0.6 is 0 Å². The molecular weight excluding hydrogens is 517 g/mol. The molecule has 38 heavy (non-hydrogen) atoms. The normalized spacial score (nSPS) is 18.9. The van der Waals surface area contributed by atoms with E-state index in [4.69, 9.17) is 4.74 Å². The van der Waals surface area contributed by atoms with Crippen molar-refractivity contribution in [3.8, 4) is 5.75 Å². The van der Waals surface area contributed by atoms with Gasteiger partial charge in [-0.05, 0) is 74.1 Å². The second kappa shape index (κ2) is 11.2. The molecule has 0 aromatic heterocycles. The van der Waals surface area contributed by atoms with Crippen LogP contribution in [0.2, 0.25) is 0 Å². The fourth-order valence-electron chi connectivity index (χ4n) is 5.58. The molecule has 0 heterocycles. The number of carbonyl (C=O) groups is 1. The van der Waals surface area contributed by atoms with E-state index in [1.165, 1.54) is 6.07 Å². The maximum Gasteiger partial charge on any atom is 0.270 e. The molecule has 6 nitrogen and oxygen atoms in total. The van der Waals surface area contributed by atoms with Crippen LogP contribution in [0.25, 0.3) is 0 Å². The van der Waals surface area contributed by atoms with E-state index < -0.39 is 43.8 Å². The third-order valence-electron chi connectivity index (χ3n) is 7.78. The second-order valence-corrected chi connectivity index (χ2v) is 12.4. The van der Waals surface area contributed by atoms with E-state index in [0.717, 1.165) is 88.8 Å². The second-order valence-electron chi connectivity index (χ2n) is 10.8. The first-order chi connectivity index (χ1) is 18.2. The zero-order valence-corrected chi connectivity index (χ0v) is 22.0. The lowest BCUT2D eigenvalue weighted by molar-refractivity contribution is 0.0977. The highest BCUT2D eigenvalue weighted by atomic mass is 32.2. The van der Waals surface area contributed by atoms with Crippen molar-refractivity contribution in [1.82, 2.24) is 4.72 Å². The monoisotopic (exact) mass is 550 g/mol. The van der Waals surface area contributed by atoms with E-state index in [2.05, 4.69) is 5.32 Å². The van der Waals surface area contributed by atoms with E-state index in [-0.39, 0.29) is 17.6 Å². The van der Waals surface area contributed by atoms with Crippen molar-refractivity contribution in [2.24, 2.45) is 5.92 Å². The number of halogens is 3. The zero-order valence-electron chi connectivity index (χ0n) is 21.2. The summed E-state index contributed by atoms with van der Waals surface area (Å²) in [7, 11) is -4.96. The van der Waals surface area contributed by atoms with Gasteiger partial charge in [0.15, 0.2) is 4.90 Å². The van der Waals surface area contributed by atoms with Gasteiger partial charge in [-0.25, -0.2) is 26.3 Å². The van der Waals surface area contributed by atoms with Crippen LogP contribution < -0.4 is 14.8 Å². The molecule has 3 saturated carbocycles. The lowest BCUT2D eigenvalue weighted by Crippen LogP contribution is -2.32. The van der Waals surface area contributed by atoms with Crippen LogP contribution in [-0.4, -0.2) is 27.0 Å². The Bertz CT molecular complexity index is 1280. The molecular formula is C28H33F3N2O4S. The first-order valence-corrected chi connectivity index (χ1v) is 15.0. The van der Waals surface area contributed by atoms with Crippen molar-refractivity contribution in [2.45, 2.75) is 87.5 Å². The Hall–Kier alpha value is -2.75. The van der Waals surface area contributed by atoms with Gasteiger partial charge in [0.1, 0.15) is 23.2 Å². The fourth-order valence-corrected chi connectivity index (χ4v) is 6.67. The summed E-state index contributed by atoms with van der Waals surface area (Å²) in [6.07, 6.45) is 11.0. The quantitative estimate of drug-likeness (QED) is 0.377. The Morgan fingerprint density at radius 2 is 1.47 bits per heavy atom. The van der Waals surface area contributed by atoms with Gasteiger partial charge in [0.25, 0.3) is 15.9 Å². The molecule has 3 aliphatic carbocycles. The summed E-state index contributed by atoms with van der Waals surface area (Å²) in [6, 6.07) is 4.26. The van der Waals surface area contributed by atoms with Crippen LogP contribution in [0.3, 0.4) is 0 Å². The Kier molecular flexibility index (Phi) is 7.88. The van der Waals surface area contributed by atoms with Crippen molar-refractivity contribution in [2.75, 3.05) is 11.9 Å². The van der Waals surface area contributed by atoms with Gasteiger partial charge < -0.3 is 10.1 Å². The highest BCUT2D eigenvalue weighted by Gasteiger charge is 2.32. The predicted octanol–water partition coefficient (Wildman–Crippen LogP) is 6.41. The molecule has 3 fully saturated rings. The smallest absolute Gasteiger partial charge is 0.270 e. The molecule has 0 atom stereocenters. The summed E-state index contributed by atoms with van der Waals surface area (Å²) in [5.41, 5.74) is 0.257. The van der Waals surface area contributed by atoms with Gasteiger partial charge >= 0.3 is 0 Å². The average molecular weight is 551 g/mol. The number of amides is 1. The van der Waals surface area contributed by atoms with Crippen LogP contribution in [0.4, 0.5) is 18.9 Å². The van der Waals surface area contributed by atoms with E-state index in [9.17, 15) is 26.4 Å². The van der Waals surface area contributed by atoms with Crippen molar-refractivity contribution in [3.63, 3.8) is 0 Å². The van der Waals surface area contributed by atoms with Crippen molar-refractivity contribution < 1.29 is 31.1 Å². The molecule has 2 aromatic rings. The molecule has 0 radical (unpaired) electrons. The summed E-state index contributed by atoms with van der Waals surface area (Å²) < 4.78 is 77.9. The van der Waals surface area contributed by atoms with Crippen molar-refractivity contribution >= 4 is 21.6 Å². The molecule has 0 spiro atoms. The summed E-state index contributed by atoms with van der Waals surface area (Å²) in [5, 5.41) is 3.05. The molecule has 0 saturated heterocycles. The predicted molar refractivity (Wildman–Crippen MR) is 137 cm³/mol. The maximum atomic E-state index is 15.0. The molecule has 0 aliphatic heterocycles. The Morgan fingerprint density at radius 3 is 2.11 bits per heavy atom. The van der Waals surface area contributed by atoms with E-state index >= 15 is 0 Å². The highest BCUT2D eigenvalue weighted by Crippen LogP contribution is 2.45. The molecule has 10 heteroatoms. The molecule has 206 valence electrons. The number of sulfonamides is 1. The number of hydrogen-bond donors (Lipinski definition) is 2. The number of rotatable bonds is 9. The Labute approximate surface area is 221 Å². The standard InChI is InChI=1S/C28H33F3N2O4S/c29-23-15-26(37-16-17-6-4-5-7-17)21(18-10-11-18)14-22(23)28(34)33-38(35,36)27-24(30)12-20(13-25(27)31)32-19-8-2-1-3-9-19/h12-15,17-19,32H,1-11,16H2,(H,33,34). The van der Waals surface area contributed by atoms with Crippen LogP contribution in [0.1, 0.15) is 92.5 Å². The number of benzene rings is 2. The number of nitrogens with one attached hydrogen (secondary N) is 2. The van der Waals surface area contributed by atoms with Crippen LogP contribution in [-0.2, 0) is 10.0 Å². The number of carbonyl (C=O) groups excluding carboxylic acids is 1. The summed E-state index contributed by atoms with van der Waals surface area (Å²) in [6.45, 7) is 0.462. The van der Waals surface area contributed by atoms with Crippen LogP contribution in [0, 0.1) is 23.4 Å². The number of ether oxygens (including phenoxy) is 1. The maximum absolute atomic E-state index is 15.0. The zero-order chi connectivity index (χ0) is 26.9. The Balaban J connectivity index is 1.33. The van der Waals surface area contributed by atoms with Crippen molar-refractivity contribution in [1.29, 1.82) is 0 Å². The number of hydrogen-bond acceptors (Lipinski definition) is 5. The van der Waals surface area contributed by atoms with Gasteiger partial charge in [-0.15, -0.1) is 0 Å². The molecule has 2 aromatic carbocycles. The van der Waals surface area contributed by atoms with Gasteiger partial charge in [0, 0.05) is 17.8 Å². The van der Waals surface area contributed by atoms with E-state index in [1.807, 2.05) is 0 Å². The summed E-state index contributed by atoms with van der Waals surface area (Å²) in [4.78, 5) is 11.6. The van der Waals surface area contributed by atoms with E-state index in [1.54, 1.807) is 4.72 Å². The minimum absolute atomic E-state index is 0.0541. The number of anilines is 1. The molecule has 2 N–H and O–H groups in total. The minimum Gasteiger partial charge on any atom is -0.493 e. The third kappa shape index (κ3) is 6.11. The van der Waals surface area contributed by atoms with E-state index in [0.29, 0.717) is 23.8 Å². The summed E-state index contributed by atoms with van der Waals surface area (Å²) >= 11 is 0. The van der Waals surface area contributed by atoms with Crippen molar-refractivity contribution in [3.05, 3.63) is 52.8 Å². The first kappa shape index (κ1) is 26.8. The lowest BCUT2D eigenvalue weighted by atomic mass is 9.95. The average Bonchev–Trinajstić information content (AvgIpc) is 3.56. The SMILES string of the molecule is O=C(NS(=O)(=O)c1c(F)cc(NC2CCCCC2)cc1F)c1cc(C2CC2)c(OCC2CCCC2)cc1F. The first-order valence-electron chi connectivity index (χ1n) is 13.5. The summed E-state index contributed by atoms with van der Waals surface area (Å²) in [5.74, 6) is -4.07. The lowest BCUT2D eigenvalue weighted by Gasteiger charge is -2.24. The highest BCUT2D eigenvalue weighted by molar-refractivity contribution is 7.90. The Morgan fingerprint density at radius 1 is 0.842 bits per heavy atom. The fraction of sp³-hybridized carbons (Fsp3) is 0.536.